The molecule has 1 amide bonds. The highest BCUT2D eigenvalue weighted by Gasteiger charge is 2.44. The molecule has 8 N–H and O–H groups in total. The van der Waals surface area contributed by atoms with Crippen molar-refractivity contribution < 1.29 is 50.0 Å². The van der Waals surface area contributed by atoms with Crippen LogP contribution >= 0.6 is 0 Å². The summed E-state index contributed by atoms with van der Waals surface area (Å²) in [5.74, 6) is -0.722. The van der Waals surface area contributed by atoms with Crippen molar-refractivity contribution in [1.29, 1.82) is 0 Å². The Morgan fingerprint density at radius 3 is 1.37 bits per heavy atom. The maximum atomic E-state index is 13.1. The van der Waals surface area contributed by atoms with Crippen LogP contribution in [0.3, 0.4) is 0 Å². The topological polar surface area (TPSA) is 189 Å². The van der Waals surface area contributed by atoms with Gasteiger partial charge in [0.05, 0.1) is 25.4 Å². The van der Waals surface area contributed by atoms with Crippen LogP contribution < -0.4 is 5.32 Å². The number of carbonyl (C=O) groups is 1. The van der Waals surface area contributed by atoms with E-state index in [1.54, 1.807) is 0 Å². The average Bonchev–Trinajstić information content (AvgIpc) is 3.37. The molecule has 0 spiro atoms. The van der Waals surface area contributed by atoms with Gasteiger partial charge in [0.25, 0.3) is 0 Å². The molecule has 11 heteroatoms. The van der Waals surface area contributed by atoms with Crippen molar-refractivity contribution >= 4 is 5.91 Å². The first-order valence-electron chi connectivity index (χ1n) is 29.2. The predicted octanol–water partition coefficient (Wildman–Crippen LogP) is 12.2. The molecule has 0 bridgehead atoms. The first-order valence-corrected chi connectivity index (χ1v) is 29.2. The van der Waals surface area contributed by atoms with E-state index in [1.165, 1.54) is 122 Å². The monoisotopic (exact) mass is 1000 g/mol. The van der Waals surface area contributed by atoms with Gasteiger partial charge < -0.3 is 50.5 Å². The van der Waals surface area contributed by atoms with Crippen LogP contribution in [0.1, 0.15) is 245 Å². The van der Waals surface area contributed by atoms with E-state index in [9.17, 15) is 40.5 Å². The summed E-state index contributed by atoms with van der Waals surface area (Å²) in [6.45, 7) is 3.41. The molecule has 11 nitrogen and oxygen atoms in total. The van der Waals surface area contributed by atoms with E-state index in [0.29, 0.717) is 19.3 Å². The maximum absolute atomic E-state index is 13.1. The van der Waals surface area contributed by atoms with Crippen LogP contribution in [0, 0.1) is 0 Å². The van der Waals surface area contributed by atoms with Crippen LogP contribution in [-0.2, 0) is 14.3 Å². The van der Waals surface area contributed by atoms with E-state index in [0.717, 1.165) is 77.0 Å². The van der Waals surface area contributed by atoms with Crippen LogP contribution in [0.4, 0.5) is 0 Å². The number of nitrogens with one attached hydrogen (secondary N) is 1. The molecule has 414 valence electrons. The molecule has 0 radical (unpaired) electrons. The molecule has 71 heavy (non-hydrogen) atoms. The van der Waals surface area contributed by atoms with Gasteiger partial charge in [-0.3, -0.25) is 4.79 Å². The van der Waals surface area contributed by atoms with Gasteiger partial charge in [0, 0.05) is 0 Å². The summed E-state index contributed by atoms with van der Waals surface area (Å²) in [6, 6.07) is -1.20. The number of unbranched alkanes of at least 4 members (excludes halogenated alkanes) is 27. The van der Waals surface area contributed by atoms with Crippen molar-refractivity contribution in [3.05, 3.63) is 60.8 Å². The zero-order valence-electron chi connectivity index (χ0n) is 45.2. The van der Waals surface area contributed by atoms with E-state index >= 15 is 0 Å². The van der Waals surface area contributed by atoms with E-state index < -0.39 is 74.2 Å². The Hall–Kier alpha value is -2.19. The van der Waals surface area contributed by atoms with Crippen LogP contribution in [0.15, 0.2) is 60.8 Å². The third-order valence-electron chi connectivity index (χ3n) is 13.7. The van der Waals surface area contributed by atoms with Crippen molar-refractivity contribution in [1.82, 2.24) is 5.32 Å². The van der Waals surface area contributed by atoms with Gasteiger partial charge in [0.2, 0.25) is 5.91 Å². The van der Waals surface area contributed by atoms with Crippen molar-refractivity contribution in [2.24, 2.45) is 0 Å². The van der Waals surface area contributed by atoms with Gasteiger partial charge in [-0.2, -0.15) is 0 Å². The molecule has 1 saturated heterocycles. The van der Waals surface area contributed by atoms with Crippen molar-refractivity contribution in [3.63, 3.8) is 0 Å². The zero-order valence-corrected chi connectivity index (χ0v) is 45.2. The summed E-state index contributed by atoms with van der Waals surface area (Å²) in [6.07, 6.45) is 51.4. The molecule has 1 rings (SSSR count). The quantitative estimate of drug-likeness (QED) is 0.0215. The second kappa shape index (κ2) is 48.7. The fourth-order valence-corrected chi connectivity index (χ4v) is 8.97. The summed E-state index contributed by atoms with van der Waals surface area (Å²) in [5, 5.41) is 76.0. The van der Waals surface area contributed by atoms with Gasteiger partial charge in [-0.05, 0) is 96.3 Å². The standard InChI is InChI=1S/C60H109NO10/c1-3-5-7-9-11-13-15-17-19-21-22-23-24-25-26-27-28-29-30-31-32-34-35-37-39-41-43-45-47-52(63)55(65)51(50-70-60-58(68)57(67)56(66)54(49-62)71-60)61-59(69)53(64)48-46-44-42-40-38-36-33-20-18-16-14-12-10-8-6-4-2/h12,14,18,20,28-29,32,34,39,41,51-58,60,62-68H,3-11,13,15-17,19,21-27,30-31,33,35-38,40,42-50H2,1-2H3,(H,61,69)/b14-12-,20-18-,29-28+,34-32+,41-39+. The largest absolute Gasteiger partial charge is 0.394 e. The van der Waals surface area contributed by atoms with E-state index in [-0.39, 0.29) is 12.8 Å². The summed E-state index contributed by atoms with van der Waals surface area (Å²) in [4.78, 5) is 13.1. The average molecular weight is 1000 g/mol. The summed E-state index contributed by atoms with van der Waals surface area (Å²) >= 11 is 0. The van der Waals surface area contributed by atoms with E-state index in [4.69, 9.17) is 9.47 Å². The third-order valence-corrected chi connectivity index (χ3v) is 13.7. The van der Waals surface area contributed by atoms with Crippen LogP contribution in [0.25, 0.3) is 0 Å². The highest BCUT2D eigenvalue weighted by atomic mass is 16.7. The summed E-state index contributed by atoms with van der Waals surface area (Å²) in [7, 11) is 0. The minimum Gasteiger partial charge on any atom is -0.394 e. The fraction of sp³-hybridized carbons (Fsp3) is 0.817. The molecule has 1 aliphatic heterocycles. The van der Waals surface area contributed by atoms with E-state index in [2.05, 4.69) is 79.9 Å². The number of aliphatic hydroxyl groups excluding tert-OH is 7. The SMILES string of the molecule is CCCCC/C=C\C/C=C\CCCCCCCCC(O)C(=O)NC(COC1OC(CO)C(O)C(O)C1O)C(O)C(O)CCC/C=C/CC/C=C/CC/C=C/CCCCCCCCCCCCCCCCC. The maximum Gasteiger partial charge on any atom is 0.249 e. The molecule has 0 saturated carbocycles. The minimum atomic E-state index is -1.68. The molecule has 9 unspecified atom stereocenters. The number of allylic oxidation sites excluding steroid dienone is 10. The fourth-order valence-electron chi connectivity index (χ4n) is 8.97. The Balaban J connectivity index is 2.34. The van der Waals surface area contributed by atoms with Crippen molar-refractivity contribution in [3.8, 4) is 0 Å². The van der Waals surface area contributed by atoms with Gasteiger partial charge in [-0.1, -0.05) is 209 Å². The van der Waals surface area contributed by atoms with Gasteiger partial charge in [0.15, 0.2) is 6.29 Å². The molecule has 0 aliphatic carbocycles. The molecular formula is C60H109NO10. The summed E-state index contributed by atoms with van der Waals surface area (Å²) in [5.41, 5.74) is 0. The zero-order chi connectivity index (χ0) is 51.8. The Morgan fingerprint density at radius 2 is 0.887 bits per heavy atom. The summed E-state index contributed by atoms with van der Waals surface area (Å²) < 4.78 is 11.1. The molecule has 1 fully saturated rings. The highest BCUT2D eigenvalue weighted by molar-refractivity contribution is 5.80. The number of ether oxygens (including phenoxy) is 2. The van der Waals surface area contributed by atoms with Gasteiger partial charge in [-0.15, -0.1) is 0 Å². The van der Waals surface area contributed by atoms with Crippen LogP contribution in [-0.4, -0.2) is 110 Å². The molecular weight excluding hydrogens is 895 g/mol. The van der Waals surface area contributed by atoms with Crippen LogP contribution in [0.5, 0.6) is 0 Å². The lowest BCUT2D eigenvalue weighted by Gasteiger charge is -2.40. The lowest BCUT2D eigenvalue weighted by atomic mass is 9.98. The smallest absolute Gasteiger partial charge is 0.249 e. The number of hydrogen-bond donors (Lipinski definition) is 8. The molecule has 0 aromatic heterocycles. The van der Waals surface area contributed by atoms with Gasteiger partial charge in [0.1, 0.15) is 36.6 Å². The normalized spacial score (nSPS) is 20.6. The predicted molar refractivity (Wildman–Crippen MR) is 293 cm³/mol. The Kier molecular flexibility index (Phi) is 45.9. The molecule has 1 aliphatic rings. The number of aliphatic hydroxyl groups is 7. The highest BCUT2D eigenvalue weighted by Crippen LogP contribution is 2.23. The molecule has 0 aromatic rings. The van der Waals surface area contributed by atoms with E-state index in [1.807, 2.05) is 0 Å². The second-order valence-electron chi connectivity index (χ2n) is 20.3. The molecule has 0 aromatic carbocycles. The van der Waals surface area contributed by atoms with Crippen molar-refractivity contribution in [2.75, 3.05) is 13.2 Å². The number of hydrogen-bond acceptors (Lipinski definition) is 10. The second-order valence-corrected chi connectivity index (χ2v) is 20.3. The number of rotatable bonds is 49. The van der Waals surface area contributed by atoms with Gasteiger partial charge >= 0.3 is 0 Å². The Morgan fingerprint density at radius 1 is 0.493 bits per heavy atom. The number of amides is 1. The minimum absolute atomic E-state index is 0.235. The van der Waals surface area contributed by atoms with Gasteiger partial charge in [-0.25, -0.2) is 0 Å². The molecule has 1 heterocycles. The lowest BCUT2D eigenvalue weighted by Crippen LogP contribution is -2.60. The van der Waals surface area contributed by atoms with Crippen molar-refractivity contribution in [2.45, 2.75) is 300 Å². The number of carbonyl (C=O) groups excluding carboxylic acids is 1. The first kappa shape index (κ1) is 66.8. The van der Waals surface area contributed by atoms with Crippen LogP contribution in [0.2, 0.25) is 0 Å². The third kappa shape index (κ3) is 37.2. The first-order chi connectivity index (χ1) is 34.7. The lowest BCUT2D eigenvalue weighted by molar-refractivity contribution is -0.303. The Labute approximate surface area is 433 Å². The molecule has 9 atom stereocenters. The Bertz CT molecular complexity index is 1340.